The lowest BCUT2D eigenvalue weighted by atomic mass is 10.2. The molecule has 0 aliphatic heterocycles. The average molecular weight is 406 g/mol. The van der Waals surface area contributed by atoms with E-state index >= 15 is 0 Å². The summed E-state index contributed by atoms with van der Waals surface area (Å²) in [5, 5.41) is 10.9. The predicted molar refractivity (Wildman–Crippen MR) is 80.0 cm³/mol. The average Bonchev–Trinajstić information content (AvgIpc) is 2.92. The summed E-state index contributed by atoms with van der Waals surface area (Å²) >= 11 is 8.17. The summed E-state index contributed by atoms with van der Waals surface area (Å²) in [7, 11) is 0. The maximum atomic E-state index is 13.1. The summed E-state index contributed by atoms with van der Waals surface area (Å²) in [6.07, 6.45) is -0.858. The van der Waals surface area contributed by atoms with E-state index in [0.717, 1.165) is 13.1 Å². The van der Waals surface area contributed by atoms with Gasteiger partial charge >= 0.3 is 0 Å². The van der Waals surface area contributed by atoms with Crippen LogP contribution >= 0.6 is 43.2 Å². The molecule has 0 aliphatic carbocycles. The van der Waals surface area contributed by atoms with Crippen LogP contribution in [0.3, 0.4) is 0 Å². The first-order valence-corrected chi connectivity index (χ1v) is 7.76. The number of halogens is 3. The molecule has 0 saturated heterocycles. The molecular weight excluding hydrogens is 399 g/mol. The quantitative estimate of drug-likeness (QED) is 0.632. The van der Waals surface area contributed by atoms with E-state index in [9.17, 15) is 9.50 Å². The molecule has 0 amide bonds. The number of aliphatic hydroxyl groups is 1. The van der Waals surface area contributed by atoms with Gasteiger partial charge in [-0.3, -0.25) is 0 Å². The van der Waals surface area contributed by atoms with Crippen LogP contribution in [-0.2, 0) is 0 Å². The number of thiophene rings is 1. The van der Waals surface area contributed by atoms with Crippen LogP contribution in [0.25, 0.3) is 11.0 Å². The largest absolute Gasteiger partial charge is 0.458 e. The first-order chi connectivity index (χ1) is 9.04. The van der Waals surface area contributed by atoms with E-state index in [0.29, 0.717) is 16.7 Å². The van der Waals surface area contributed by atoms with Gasteiger partial charge in [0.05, 0.1) is 3.79 Å². The lowest BCUT2D eigenvalue weighted by Crippen LogP contribution is -1.93. The Kier molecular flexibility index (Phi) is 3.51. The van der Waals surface area contributed by atoms with E-state index in [2.05, 4.69) is 31.9 Å². The van der Waals surface area contributed by atoms with Crippen molar-refractivity contribution in [2.45, 2.75) is 6.10 Å². The van der Waals surface area contributed by atoms with E-state index in [4.69, 9.17) is 4.42 Å². The molecule has 98 valence electrons. The van der Waals surface area contributed by atoms with Crippen molar-refractivity contribution < 1.29 is 13.9 Å². The van der Waals surface area contributed by atoms with Gasteiger partial charge in [-0.2, -0.15) is 0 Å². The second-order valence-electron chi connectivity index (χ2n) is 4.00. The lowest BCUT2D eigenvalue weighted by molar-refractivity contribution is 0.196. The Balaban J connectivity index is 2.03. The molecule has 3 rings (SSSR count). The van der Waals surface area contributed by atoms with Crippen LogP contribution in [0.5, 0.6) is 0 Å². The number of furan rings is 1. The van der Waals surface area contributed by atoms with Crippen molar-refractivity contribution in [3.05, 3.63) is 55.0 Å². The minimum absolute atomic E-state index is 0.323. The maximum Gasteiger partial charge on any atom is 0.146 e. The van der Waals surface area contributed by atoms with E-state index < -0.39 is 6.10 Å². The van der Waals surface area contributed by atoms with Crippen LogP contribution in [0.4, 0.5) is 4.39 Å². The second kappa shape index (κ2) is 5.01. The Labute approximate surface area is 129 Å². The van der Waals surface area contributed by atoms with Gasteiger partial charge in [0.1, 0.15) is 23.3 Å². The first-order valence-electron chi connectivity index (χ1n) is 5.36. The number of rotatable bonds is 2. The zero-order valence-electron chi connectivity index (χ0n) is 9.36. The summed E-state index contributed by atoms with van der Waals surface area (Å²) < 4.78 is 20.4. The molecule has 2 nitrogen and oxygen atoms in total. The third-order valence-corrected chi connectivity index (χ3v) is 6.01. The molecule has 1 unspecified atom stereocenters. The second-order valence-corrected chi connectivity index (χ2v) is 7.26. The molecule has 1 atom stereocenters. The Morgan fingerprint density at radius 2 is 2.00 bits per heavy atom. The molecule has 19 heavy (non-hydrogen) atoms. The topological polar surface area (TPSA) is 33.4 Å². The van der Waals surface area contributed by atoms with Gasteiger partial charge in [-0.1, -0.05) is 0 Å². The van der Waals surface area contributed by atoms with Crippen molar-refractivity contribution in [1.29, 1.82) is 0 Å². The zero-order valence-corrected chi connectivity index (χ0v) is 13.4. The van der Waals surface area contributed by atoms with Gasteiger partial charge in [0.2, 0.25) is 0 Å². The van der Waals surface area contributed by atoms with E-state index in [1.165, 1.54) is 23.5 Å². The molecule has 0 spiro atoms. The monoisotopic (exact) mass is 404 g/mol. The fourth-order valence-corrected chi connectivity index (χ4v) is 3.89. The Hall–Kier alpha value is -0.690. The van der Waals surface area contributed by atoms with Crippen molar-refractivity contribution in [2.75, 3.05) is 0 Å². The minimum Gasteiger partial charge on any atom is -0.458 e. The maximum absolute atomic E-state index is 13.1. The molecule has 0 bridgehead atoms. The van der Waals surface area contributed by atoms with Gasteiger partial charge in [-0.15, -0.1) is 11.3 Å². The number of hydrogen-bond donors (Lipinski definition) is 1. The van der Waals surface area contributed by atoms with Crippen molar-refractivity contribution >= 4 is 54.2 Å². The molecule has 6 heteroatoms. The summed E-state index contributed by atoms with van der Waals surface area (Å²) in [6.45, 7) is 0. The van der Waals surface area contributed by atoms with Gasteiger partial charge in [-0.05, 0) is 62.2 Å². The van der Waals surface area contributed by atoms with Crippen molar-refractivity contribution in [3.8, 4) is 0 Å². The molecule has 0 aliphatic rings. The van der Waals surface area contributed by atoms with E-state index in [-0.39, 0.29) is 5.82 Å². The highest BCUT2D eigenvalue weighted by atomic mass is 79.9. The van der Waals surface area contributed by atoms with Crippen molar-refractivity contribution in [3.63, 3.8) is 0 Å². The van der Waals surface area contributed by atoms with Crippen LogP contribution in [0, 0.1) is 5.82 Å². The summed E-state index contributed by atoms with van der Waals surface area (Å²) in [5.41, 5.74) is 0.560. The molecule has 3 aromatic rings. The normalized spacial score (nSPS) is 13.1. The number of fused-ring (bicyclic) bond motifs is 1. The molecule has 1 N–H and O–H groups in total. The van der Waals surface area contributed by atoms with Crippen LogP contribution in [-0.4, -0.2) is 5.11 Å². The fraction of sp³-hybridized carbons (Fsp3) is 0.0769. The SMILES string of the molecule is OC(c1cc2cc(F)ccc2o1)c1cc(Br)c(Br)s1. The van der Waals surface area contributed by atoms with Crippen LogP contribution < -0.4 is 0 Å². The molecule has 0 radical (unpaired) electrons. The summed E-state index contributed by atoms with van der Waals surface area (Å²) in [4.78, 5) is 0.748. The number of aliphatic hydroxyl groups excluding tert-OH is 1. The Bertz CT molecular complexity index is 731. The fourth-order valence-electron chi connectivity index (χ4n) is 1.81. The highest BCUT2D eigenvalue weighted by Gasteiger charge is 2.19. The smallest absolute Gasteiger partial charge is 0.146 e. The summed E-state index contributed by atoms with van der Waals surface area (Å²) in [6, 6.07) is 7.76. The molecule has 2 heterocycles. The third-order valence-electron chi connectivity index (χ3n) is 2.70. The Morgan fingerprint density at radius 3 is 2.68 bits per heavy atom. The lowest BCUT2D eigenvalue weighted by Gasteiger charge is -2.03. The van der Waals surface area contributed by atoms with Gasteiger partial charge in [0.25, 0.3) is 0 Å². The summed E-state index contributed by atoms with van der Waals surface area (Å²) in [5.74, 6) is 0.0813. The number of benzene rings is 1. The van der Waals surface area contributed by atoms with Gasteiger partial charge < -0.3 is 9.52 Å². The predicted octanol–water partition coefficient (Wildman–Crippen LogP) is 5.24. The highest BCUT2D eigenvalue weighted by Crippen LogP contribution is 2.38. The molecule has 0 fully saturated rings. The van der Waals surface area contributed by atoms with Gasteiger partial charge in [0.15, 0.2) is 0 Å². The van der Waals surface area contributed by atoms with Gasteiger partial charge in [0, 0.05) is 14.7 Å². The van der Waals surface area contributed by atoms with Crippen LogP contribution in [0.2, 0.25) is 0 Å². The zero-order chi connectivity index (χ0) is 13.6. The van der Waals surface area contributed by atoms with Crippen molar-refractivity contribution in [2.24, 2.45) is 0 Å². The van der Waals surface area contributed by atoms with E-state index in [1.54, 1.807) is 12.1 Å². The first kappa shape index (κ1) is 13.3. The Morgan fingerprint density at radius 1 is 1.21 bits per heavy atom. The molecule has 1 aromatic carbocycles. The molecule has 0 saturated carbocycles. The number of hydrogen-bond acceptors (Lipinski definition) is 3. The molecule has 2 aromatic heterocycles. The van der Waals surface area contributed by atoms with Crippen LogP contribution in [0.1, 0.15) is 16.7 Å². The third kappa shape index (κ3) is 2.50. The molecular formula is C13H7Br2FO2S. The van der Waals surface area contributed by atoms with Gasteiger partial charge in [-0.25, -0.2) is 4.39 Å². The van der Waals surface area contributed by atoms with E-state index in [1.807, 2.05) is 6.07 Å². The van der Waals surface area contributed by atoms with Crippen molar-refractivity contribution in [1.82, 2.24) is 0 Å². The minimum atomic E-state index is -0.858. The van der Waals surface area contributed by atoms with Crippen LogP contribution in [0.15, 0.2) is 43.0 Å². The highest BCUT2D eigenvalue weighted by molar-refractivity contribution is 9.13. The standard InChI is InChI=1S/C13H7Br2FO2S/c14-8-5-11(19-13(8)15)12(17)10-4-6-3-7(16)1-2-9(6)18-10/h1-5,12,17H.